The van der Waals surface area contributed by atoms with Crippen LogP contribution in [0.5, 0.6) is 5.75 Å². The van der Waals surface area contributed by atoms with E-state index < -0.39 is 0 Å². The Labute approximate surface area is 141 Å². The summed E-state index contributed by atoms with van der Waals surface area (Å²) in [7, 11) is 1.54. The van der Waals surface area contributed by atoms with Gasteiger partial charge in [0, 0.05) is 18.8 Å². The first-order chi connectivity index (χ1) is 11.6. The standard InChI is InChI=1S/C18H21N3O3/c1-13-5-7-16(24-2)15(10-13)21-18(23)12-20-17(22)8-6-14-4-3-9-19-11-14/h3-5,7,9-11H,6,8,12H2,1-2H3,(H,20,22)(H,21,23). The fourth-order valence-corrected chi connectivity index (χ4v) is 2.19. The predicted octanol–water partition coefficient (Wildman–Crippen LogP) is 2.09. The van der Waals surface area contributed by atoms with Crippen LogP contribution in [0.3, 0.4) is 0 Å². The van der Waals surface area contributed by atoms with Crippen LogP contribution in [0, 0.1) is 6.92 Å². The first-order valence-electron chi connectivity index (χ1n) is 7.68. The lowest BCUT2D eigenvalue weighted by Gasteiger charge is -2.11. The first kappa shape index (κ1) is 17.5. The van der Waals surface area contributed by atoms with Crippen LogP contribution in [-0.4, -0.2) is 30.5 Å². The number of nitrogens with zero attached hydrogens (tertiary/aromatic N) is 1. The van der Waals surface area contributed by atoms with Crippen molar-refractivity contribution in [3.63, 3.8) is 0 Å². The summed E-state index contributed by atoms with van der Waals surface area (Å²) in [6.07, 6.45) is 4.32. The van der Waals surface area contributed by atoms with Gasteiger partial charge in [0.1, 0.15) is 5.75 Å². The number of aromatic nitrogens is 1. The zero-order valence-electron chi connectivity index (χ0n) is 13.8. The normalized spacial score (nSPS) is 10.1. The van der Waals surface area contributed by atoms with Crippen LogP contribution in [0.1, 0.15) is 17.5 Å². The maximum atomic E-state index is 12.0. The molecule has 0 aliphatic rings. The topological polar surface area (TPSA) is 80.3 Å². The highest BCUT2D eigenvalue weighted by Crippen LogP contribution is 2.24. The van der Waals surface area contributed by atoms with Crippen molar-refractivity contribution in [2.45, 2.75) is 19.8 Å². The first-order valence-corrected chi connectivity index (χ1v) is 7.68. The Morgan fingerprint density at radius 2 is 2.04 bits per heavy atom. The Kier molecular flexibility index (Phi) is 6.31. The van der Waals surface area contributed by atoms with E-state index >= 15 is 0 Å². The van der Waals surface area contributed by atoms with E-state index in [9.17, 15) is 9.59 Å². The molecule has 2 N–H and O–H groups in total. The molecule has 0 radical (unpaired) electrons. The van der Waals surface area contributed by atoms with E-state index in [0.29, 0.717) is 24.3 Å². The number of rotatable bonds is 7. The molecule has 0 bridgehead atoms. The largest absolute Gasteiger partial charge is 0.495 e. The Morgan fingerprint density at radius 3 is 2.75 bits per heavy atom. The quantitative estimate of drug-likeness (QED) is 0.816. The molecule has 2 aromatic rings. The minimum atomic E-state index is -0.298. The fourth-order valence-electron chi connectivity index (χ4n) is 2.19. The summed E-state index contributed by atoms with van der Waals surface area (Å²) in [6.45, 7) is 1.85. The van der Waals surface area contributed by atoms with E-state index in [4.69, 9.17) is 4.74 Å². The highest BCUT2D eigenvalue weighted by molar-refractivity contribution is 5.95. The van der Waals surface area contributed by atoms with Gasteiger partial charge in [-0.05, 0) is 42.7 Å². The SMILES string of the molecule is COc1ccc(C)cc1NC(=O)CNC(=O)CCc1cccnc1. The lowest BCUT2D eigenvalue weighted by Crippen LogP contribution is -2.33. The van der Waals surface area contributed by atoms with E-state index in [-0.39, 0.29) is 18.4 Å². The lowest BCUT2D eigenvalue weighted by atomic mass is 10.1. The van der Waals surface area contributed by atoms with E-state index in [1.807, 2.05) is 31.2 Å². The van der Waals surface area contributed by atoms with Gasteiger partial charge in [0.25, 0.3) is 0 Å². The molecule has 1 aromatic heterocycles. The molecule has 0 saturated carbocycles. The van der Waals surface area contributed by atoms with Crippen LogP contribution in [0.25, 0.3) is 0 Å². The summed E-state index contributed by atoms with van der Waals surface area (Å²) in [5.74, 6) is 0.107. The van der Waals surface area contributed by atoms with Crippen molar-refractivity contribution in [3.05, 3.63) is 53.9 Å². The molecular weight excluding hydrogens is 306 g/mol. The summed E-state index contributed by atoms with van der Waals surface area (Å²) in [5.41, 5.74) is 2.58. The third kappa shape index (κ3) is 5.39. The molecule has 6 heteroatoms. The van der Waals surface area contributed by atoms with Crippen molar-refractivity contribution < 1.29 is 14.3 Å². The number of ether oxygens (including phenoxy) is 1. The summed E-state index contributed by atoms with van der Waals surface area (Å²) in [4.78, 5) is 27.8. The van der Waals surface area contributed by atoms with Gasteiger partial charge in [-0.15, -0.1) is 0 Å². The number of amides is 2. The van der Waals surface area contributed by atoms with Crippen molar-refractivity contribution in [3.8, 4) is 5.75 Å². The molecule has 0 aliphatic carbocycles. The number of aryl methyl sites for hydroxylation is 2. The number of hydrogen-bond donors (Lipinski definition) is 2. The zero-order chi connectivity index (χ0) is 17.4. The number of carbonyl (C=O) groups excluding carboxylic acids is 2. The van der Waals surface area contributed by atoms with E-state index in [2.05, 4.69) is 15.6 Å². The second-order valence-electron chi connectivity index (χ2n) is 5.39. The third-order valence-electron chi connectivity index (χ3n) is 3.44. The number of hydrogen-bond acceptors (Lipinski definition) is 4. The van der Waals surface area contributed by atoms with Crippen LogP contribution in [-0.2, 0) is 16.0 Å². The van der Waals surface area contributed by atoms with Crippen LogP contribution in [0.15, 0.2) is 42.7 Å². The van der Waals surface area contributed by atoms with Crippen LogP contribution in [0.2, 0.25) is 0 Å². The molecule has 0 spiro atoms. The summed E-state index contributed by atoms with van der Waals surface area (Å²) in [6, 6.07) is 9.25. The van der Waals surface area contributed by atoms with E-state index in [1.165, 1.54) is 0 Å². The number of anilines is 1. The molecule has 0 atom stereocenters. The van der Waals surface area contributed by atoms with Gasteiger partial charge in [-0.2, -0.15) is 0 Å². The molecule has 0 saturated heterocycles. The molecule has 24 heavy (non-hydrogen) atoms. The van der Waals surface area contributed by atoms with E-state index in [1.54, 1.807) is 25.6 Å². The highest BCUT2D eigenvalue weighted by Gasteiger charge is 2.09. The molecule has 2 rings (SSSR count). The Balaban J connectivity index is 1.78. The minimum absolute atomic E-state index is 0.0804. The molecule has 0 fully saturated rings. The van der Waals surface area contributed by atoms with Gasteiger partial charge in [0.2, 0.25) is 11.8 Å². The van der Waals surface area contributed by atoms with Crippen molar-refractivity contribution in [1.29, 1.82) is 0 Å². The monoisotopic (exact) mass is 327 g/mol. The Hall–Kier alpha value is -2.89. The van der Waals surface area contributed by atoms with Crippen molar-refractivity contribution in [1.82, 2.24) is 10.3 Å². The summed E-state index contributed by atoms with van der Waals surface area (Å²) >= 11 is 0. The van der Waals surface area contributed by atoms with Crippen molar-refractivity contribution in [2.24, 2.45) is 0 Å². The third-order valence-corrected chi connectivity index (χ3v) is 3.44. The smallest absolute Gasteiger partial charge is 0.243 e. The van der Waals surface area contributed by atoms with Crippen LogP contribution < -0.4 is 15.4 Å². The fraction of sp³-hybridized carbons (Fsp3) is 0.278. The number of carbonyl (C=O) groups is 2. The van der Waals surface area contributed by atoms with Gasteiger partial charge >= 0.3 is 0 Å². The Morgan fingerprint density at radius 1 is 1.21 bits per heavy atom. The Bertz CT molecular complexity index is 702. The molecule has 0 aliphatic heterocycles. The number of nitrogens with one attached hydrogen (secondary N) is 2. The van der Waals surface area contributed by atoms with Gasteiger partial charge in [-0.3, -0.25) is 14.6 Å². The lowest BCUT2D eigenvalue weighted by molar-refractivity contribution is -0.124. The van der Waals surface area contributed by atoms with E-state index in [0.717, 1.165) is 11.1 Å². The van der Waals surface area contributed by atoms with Gasteiger partial charge in [0.05, 0.1) is 19.3 Å². The summed E-state index contributed by atoms with van der Waals surface area (Å²) < 4.78 is 5.21. The summed E-state index contributed by atoms with van der Waals surface area (Å²) in [5, 5.41) is 5.36. The maximum absolute atomic E-state index is 12.0. The second kappa shape index (κ2) is 8.67. The van der Waals surface area contributed by atoms with Gasteiger partial charge in [-0.25, -0.2) is 0 Å². The maximum Gasteiger partial charge on any atom is 0.243 e. The highest BCUT2D eigenvalue weighted by atomic mass is 16.5. The second-order valence-corrected chi connectivity index (χ2v) is 5.39. The van der Waals surface area contributed by atoms with Crippen LogP contribution >= 0.6 is 0 Å². The molecule has 1 aromatic carbocycles. The zero-order valence-corrected chi connectivity index (χ0v) is 13.8. The molecule has 0 unspecified atom stereocenters. The van der Waals surface area contributed by atoms with Crippen LogP contribution in [0.4, 0.5) is 5.69 Å². The molecule has 2 amide bonds. The number of methoxy groups -OCH3 is 1. The van der Waals surface area contributed by atoms with Crippen molar-refractivity contribution in [2.75, 3.05) is 19.0 Å². The molecule has 126 valence electrons. The molecule has 1 heterocycles. The number of pyridine rings is 1. The molecular formula is C18H21N3O3. The number of benzene rings is 1. The van der Waals surface area contributed by atoms with Gasteiger partial charge < -0.3 is 15.4 Å². The predicted molar refractivity (Wildman–Crippen MR) is 91.9 cm³/mol. The minimum Gasteiger partial charge on any atom is -0.495 e. The average Bonchev–Trinajstić information content (AvgIpc) is 2.59. The van der Waals surface area contributed by atoms with Gasteiger partial charge in [0.15, 0.2) is 0 Å². The molecule has 6 nitrogen and oxygen atoms in total. The average molecular weight is 327 g/mol. The van der Waals surface area contributed by atoms with Gasteiger partial charge in [-0.1, -0.05) is 12.1 Å². The van der Waals surface area contributed by atoms with Crippen molar-refractivity contribution >= 4 is 17.5 Å².